The average Bonchev–Trinajstić information content (AvgIpc) is 2.12. The van der Waals surface area contributed by atoms with Crippen molar-refractivity contribution in [2.75, 3.05) is 6.54 Å². The maximum atomic E-state index is 12.6. The second kappa shape index (κ2) is 4.51. The van der Waals surface area contributed by atoms with Crippen molar-refractivity contribution < 1.29 is 18.1 Å². The first-order chi connectivity index (χ1) is 7.30. The van der Waals surface area contributed by atoms with Crippen LogP contribution in [0.15, 0.2) is 24.3 Å². The van der Waals surface area contributed by atoms with Crippen LogP contribution >= 0.6 is 0 Å². The molecule has 0 radical (unpaired) electrons. The molecule has 1 aromatic rings. The largest absolute Gasteiger partial charge is 0.402 e. The number of alkyl halides is 3. The van der Waals surface area contributed by atoms with E-state index in [-0.39, 0.29) is 5.56 Å². The van der Waals surface area contributed by atoms with Crippen LogP contribution in [0.4, 0.5) is 13.2 Å². The summed E-state index contributed by atoms with van der Waals surface area (Å²) in [5.74, 6) is -2.04. The molecule has 0 bridgehead atoms. The van der Waals surface area contributed by atoms with Crippen LogP contribution in [0.25, 0.3) is 0 Å². The molecule has 0 aromatic heterocycles. The van der Waals surface area contributed by atoms with Gasteiger partial charge in [0.15, 0.2) is 0 Å². The van der Waals surface area contributed by atoms with Crippen LogP contribution in [0.3, 0.4) is 0 Å². The minimum absolute atomic E-state index is 0.0656. The van der Waals surface area contributed by atoms with Gasteiger partial charge in [0.25, 0.3) is 0 Å². The van der Waals surface area contributed by atoms with Gasteiger partial charge in [0.1, 0.15) is 5.92 Å². The Hall–Kier alpha value is -1.59. The Bertz CT molecular complexity index is 390. The zero-order valence-electron chi connectivity index (χ0n) is 8.49. The Morgan fingerprint density at radius 2 is 2.06 bits per heavy atom. The molecule has 1 atom stereocenters. The molecule has 16 heavy (non-hydrogen) atoms. The number of nitro groups is 1. The summed E-state index contributed by atoms with van der Waals surface area (Å²) in [6.07, 6.45) is -4.60. The Labute approximate surface area is 90.0 Å². The minimum atomic E-state index is -4.60. The molecule has 0 unspecified atom stereocenters. The normalized spacial score (nSPS) is 13.5. The fourth-order valence-corrected chi connectivity index (χ4v) is 1.43. The number of nitrogens with zero attached hydrogens (tertiary/aromatic N) is 1. The summed E-state index contributed by atoms with van der Waals surface area (Å²) < 4.78 is 37.8. The lowest BCUT2D eigenvalue weighted by Gasteiger charge is -2.17. The lowest BCUT2D eigenvalue weighted by Crippen LogP contribution is -2.27. The van der Waals surface area contributed by atoms with Crippen molar-refractivity contribution in [1.29, 1.82) is 0 Å². The number of benzene rings is 1. The highest BCUT2D eigenvalue weighted by Crippen LogP contribution is 2.35. The van der Waals surface area contributed by atoms with Crippen molar-refractivity contribution in [2.24, 2.45) is 0 Å². The summed E-state index contributed by atoms with van der Waals surface area (Å²) in [6.45, 7) is 0.510. The van der Waals surface area contributed by atoms with E-state index in [1.807, 2.05) is 0 Å². The van der Waals surface area contributed by atoms with Gasteiger partial charge in [0.2, 0.25) is 6.54 Å². The van der Waals surface area contributed by atoms with Crippen LogP contribution in [0.2, 0.25) is 0 Å². The molecular formula is C10H10F3NO2. The maximum Gasteiger partial charge on any atom is 0.402 e. The molecule has 0 aliphatic carbocycles. The highest BCUT2D eigenvalue weighted by molar-refractivity contribution is 5.26. The summed E-state index contributed by atoms with van der Waals surface area (Å²) in [4.78, 5) is 9.28. The number of halogens is 3. The van der Waals surface area contributed by atoms with E-state index in [2.05, 4.69) is 0 Å². The van der Waals surface area contributed by atoms with Crippen molar-refractivity contribution in [1.82, 2.24) is 0 Å². The van der Waals surface area contributed by atoms with E-state index in [1.165, 1.54) is 18.2 Å². The monoisotopic (exact) mass is 233 g/mol. The standard InChI is InChI=1S/C10H10F3NO2/c1-7-3-2-4-8(5-7)9(6-14(15)16)10(11,12)13/h2-5,9H,6H2,1H3/t9-/m0/s1. The molecule has 1 rings (SSSR count). The molecule has 0 aliphatic heterocycles. The highest BCUT2D eigenvalue weighted by Gasteiger charge is 2.44. The van der Waals surface area contributed by atoms with Crippen LogP contribution < -0.4 is 0 Å². The maximum absolute atomic E-state index is 12.6. The zero-order valence-corrected chi connectivity index (χ0v) is 8.49. The zero-order chi connectivity index (χ0) is 12.3. The van der Waals surface area contributed by atoms with Crippen LogP contribution in [-0.2, 0) is 0 Å². The molecule has 0 N–H and O–H groups in total. The topological polar surface area (TPSA) is 43.1 Å². The van der Waals surface area contributed by atoms with Crippen molar-refractivity contribution in [3.05, 3.63) is 45.5 Å². The predicted octanol–water partition coefficient (Wildman–Crippen LogP) is 2.92. The third-order valence-electron chi connectivity index (χ3n) is 2.17. The summed E-state index contributed by atoms with van der Waals surface area (Å²) in [5.41, 5.74) is 0.583. The van der Waals surface area contributed by atoms with Crippen molar-refractivity contribution in [3.63, 3.8) is 0 Å². The third-order valence-corrected chi connectivity index (χ3v) is 2.17. The fraction of sp³-hybridized carbons (Fsp3) is 0.400. The van der Waals surface area contributed by atoms with Gasteiger partial charge in [-0.2, -0.15) is 13.2 Å². The van der Waals surface area contributed by atoms with Gasteiger partial charge in [-0.15, -0.1) is 0 Å². The molecule has 6 heteroatoms. The van der Waals surface area contributed by atoms with Gasteiger partial charge >= 0.3 is 6.18 Å². The van der Waals surface area contributed by atoms with Gasteiger partial charge in [-0.05, 0) is 12.5 Å². The predicted molar refractivity (Wildman–Crippen MR) is 51.8 cm³/mol. The Balaban J connectivity index is 3.06. The summed E-state index contributed by atoms with van der Waals surface area (Å²) >= 11 is 0. The molecule has 0 aliphatic rings. The van der Waals surface area contributed by atoms with Crippen molar-refractivity contribution in [2.45, 2.75) is 19.0 Å². The quantitative estimate of drug-likeness (QED) is 0.595. The first-order valence-electron chi connectivity index (χ1n) is 4.56. The second-order valence-corrected chi connectivity index (χ2v) is 3.52. The molecule has 0 saturated carbocycles. The first kappa shape index (κ1) is 12.5. The number of rotatable bonds is 3. The molecule has 0 heterocycles. The smallest absolute Gasteiger partial charge is 0.265 e. The SMILES string of the molecule is Cc1cccc([C@H](C[N+](=O)[O-])C(F)(F)F)c1. The van der Waals surface area contributed by atoms with E-state index in [4.69, 9.17) is 0 Å². The summed E-state index contributed by atoms with van der Waals surface area (Å²) in [5, 5.41) is 10.2. The van der Waals surface area contributed by atoms with Gasteiger partial charge in [0, 0.05) is 4.92 Å². The number of hydrogen-bond acceptors (Lipinski definition) is 2. The fourth-order valence-electron chi connectivity index (χ4n) is 1.43. The second-order valence-electron chi connectivity index (χ2n) is 3.52. The van der Waals surface area contributed by atoms with Gasteiger partial charge in [-0.3, -0.25) is 10.1 Å². The van der Waals surface area contributed by atoms with E-state index in [9.17, 15) is 23.3 Å². The first-order valence-corrected chi connectivity index (χ1v) is 4.56. The van der Waals surface area contributed by atoms with Crippen molar-refractivity contribution in [3.8, 4) is 0 Å². The molecular weight excluding hydrogens is 223 g/mol. The van der Waals surface area contributed by atoms with Crippen LogP contribution in [0.5, 0.6) is 0 Å². The van der Waals surface area contributed by atoms with Crippen molar-refractivity contribution >= 4 is 0 Å². The number of hydrogen-bond donors (Lipinski definition) is 0. The van der Waals surface area contributed by atoms with E-state index in [1.54, 1.807) is 13.0 Å². The third kappa shape index (κ3) is 3.22. The number of aryl methyl sites for hydroxylation is 1. The molecule has 0 saturated heterocycles. The van der Waals surface area contributed by atoms with Crippen LogP contribution in [-0.4, -0.2) is 17.6 Å². The molecule has 3 nitrogen and oxygen atoms in total. The molecule has 0 spiro atoms. The van der Waals surface area contributed by atoms with E-state index < -0.39 is 23.6 Å². The van der Waals surface area contributed by atoms with E-state index in [0.717, 1.165) is 0 Å². The molecule has 88 valence electrons. The Morgan fingerprint density at radius 3 is 2.50 bits per heavy atom. The Morgan fingerprint density at radius 1 is 1.44 bits per heavy atom. The van der Waals surface area contributed by atoms with E-state index >= 15 is 0 Å². The van der Waals surface area contributed by atoms with E-state index in [0.29, 0.717) is 5.56 Å². The van der Waals surface area contributed by atoms with Gasteiger partial charge in [0.05, 0.1) is 0 Å². The molecule has 0 fully saturated rings. The van der Waals surface area contributed by atoms with Gasteiger partial charge in [-0.1, -0.05) is 29.8 Å². The van der Waals surface area contributed by atoms with Gasteiger partial charge in [-0.25, -0.2) is 0 Å². The summed E-state index contributed by atoms with van der Waals surface area (Å²) in [6, 6.07) is 5.68. The Kier molecular flexibility index (Phi) is 3.51. The van der Waals surface area contributed by atoms with Crippen LogP contribution in [0, 0.1) is 17.0 Å². The highest BCUT2D eigenvalue weighted by atomic mass is 19.4. The molecule has 0 amide bonds. The lowest BCUT2D eigenvalue weighted by molar-refractivity contribution is -0.490. The lowest BCUT2D eigenvalue weighted by atomic mass is 9.97. The average molecular weight is 233 g/mol. The summed E-state index contributed by atoms with van der Waals surface area (Å²) in [7, 11) is 0. The van der Waals surface area contributed by atoms with Crippen LogP contribution in [0.1, 0.15) is 17.0 Å². The molecule has 1 aromatic carbocycles. The van der Waals surface area contributed by atoms with Gasteiger partial charge < -0.3 is 0 Å². The minimum Gasteiger partial charge on any atom is -0.265 e.